The molecule has 4 bridgehead atoms. The van der Waals surface area contributed by atoms with E-state index in [4.69, 9.17) is 4.74 Å². The third kappa shape index (κ3) is 3.92. The van der Waals surface area contributed by atoms with Crippen LogP contribution in [0.15, 0.2) is 42.7 Å². The van der Waals surface area contributed by atoms with E-state index in [1.165, 1.54) is 12.1 Å². The monoisotopic (exact) mass is 461 g/mol. The molecule has 0 aliphatic carbocycles. The maximum Gasteiger partial charge on any atom is 0.255 e. The van der Waals surface area contributed by atoms with E-state index in [9.17, 15) is 9.18 Å². The number of H-pyrrole nitrogens is 1. The maximum atomic E-state index is 14.0. The van der Waals surface area contributed by atoms with Crippen molar-refractivity contribution in [3.05, 3.63) is 59.8 Å². The first-order valence-corrected chi connectivity index (χ1v) is 12.0. The Labute approximate surface area is 197 Å². The fourth-order valence-electron chi connectivity index (χ4n) is 5.47. The molecule has 7 nitrogen and oxygen atoms in total. The fraction of sp³-hybridized carbons (Fsp3) is 0.385. The average Bonchev–Trinajstić information content (AvgIpc) is 3.44. The molecule has 1 saturated heterocycles. The van der Waals surface area contributed by atoms with Crippen LogP contribution in [0.2, 0.25) is 0 Å². The summed E-state index contributed by atoms with van der Waals surface area (Å²) in [5.74, 6) is 0.884. The molecule has 5 heterocycles. The Balaban J connectivity index is 1.50. The highest BCUT2D eigenvalue weighted by molar-refractivity contribution is 6.06. The number of benzene rings is 1. The highest BCUT2D eigenvalue weighted by atomic mass is 19.1. The Morgan fingerprint density at radius 3 is 3.06 bits per heavy atom. The van der Waals surface area contributed by atoms with Gasteiger partial charge in [0.25, 0.3) is 5.91 Å². The molecule has 1 unspecified atom stereocenters. The van der Waals surface area contributed by atoms with Crippen molar-refractivity contribution >= 4 is 17.3 Å². The number of rotatable bonds is 2. The molecule has 6 rings (SSSR count). The van der Waals surface area contributed by atoms with E-state index in [0.29, 0.717) is 41.8 Å². The van der Waals surface area contributed by atoms with Crippen LogP contribution in [0.5, 0.6) is 5.75 Å². The number of nitrogens with one attached hydrogen (secondary N) is 3. The highest BCUT2D eigenvalue weighted by Gasteiger charge is 2.34. The summed E-state index contributed by atoms with van der Waals surface area (Å²) in [6.07, 6.45) is 6.64. The van der Waals surface area contributed by atoms with E-state index < -0.39 is 0 Å². The van der Waals surface area contributed by atoms with Gasteiger partial charge in [0.05, 0.1) is 29.7 Å². The summed E-state index contributed by atoms with van der Waals surface area (Å²) >= 11 is 0. The minimum Gasteiger partial charge on any atom is -0.491 e. The van der Waals surface area contributed by atoms with Gasteiger partial charge in [0.15, 0.2) is 0 Å². The minimum atomic E-state index is -0.338. The molecule has 3 atom stereocenters. The molecular weight excluding hydrogens is 433 g/mol. The zero-order valence-corrected chi connectivity index (χ0v) is 18.9. The van der Waals surface area contributed by atoms with Crippen molar-refractivity contribution in [3.8, 4) is 17.0 Å². The zero-order valence-electron chi connectivity index (χ0n) is 18.9. The van der Waals surface area contributed by atoms with Crippen LogP contribution in [0.1, 0.15) is 41.2 Å². The Hall–Kier alpha value is -3.39. The van der Waals surface area contributed by atoms with Crippen molar-refractivity contribution in [2.45, 2.75) is 25.2 Å². The Morgan fingerprint density at radius 1 is 1.21 bits per heavy atom. The van der Waals surface area contributed by atoms with Gasteiger partial charge in [-0.2, -0.15) is 0 Å². The lowest BCUT2D eigenvalue weighted by Gasteiger charge is -2.25. The third-order valence-corrected chi connectivity index (χ3v) is 7.19. The van der Waals surface area contributed by atoms with E-state index in [-0.39, 0.29) is 17.6 Å². The maximum absolute atomic E-state index is 14.0. The Kier molecular flexibility index (Phi) is 5.45. The number of hydrogen-bond donors (Lipinski definition) is 3. The predicted molar refractivity (Wildman–Crippen MR) is 128 cm³/mol. The molecule has 176 valence electrons. The van der Waals surface area contributed by atoms with E-state index in [2.05, 4.69) is 25.5 Å². The zero-order chi connectivity index (χ0) is 23.1. The standard InChI is InChI=1S/C26H28FN5O2/c27-18-4-1-5-19(11-18)30-25-22-23-17(12-29-26(22)33)3-2-9-32-10-7-16(14-32)15-34-21-13-28-8-6-20(21)24(25)31-23/h1,4-6,8,11,13,16-17,30-31H,2-3,7,9-10,12,14-15H2,(H,29,33)/t16-,17+/m1/s1. The van der Waals surface area contributed by atoms with E-state index >= 15 is 0 Å². The number of aromatic nitrogens is 2. The van der Waals surface area contributed by atoms with E-state index in [0.717, 1.165) is 55.8 Å². The van der Waals surface area contributed by atoms with Crippen molar-refractivity contribution in [3.63, 3.8) is 0 Å². The molecule has 34 heavy (non-hydrogen) atoms. The van der Waals surface area contributed by atoms with Gasteiger partial charge >= 0.3 is 0 Å². The van der Waals surface area contributed by atoms with Crippen LogP contribution in [-0.4, -0.2) is 53.6 Å². The number of amides is 1. The van der Waals surface area contributed by atoms with Crippen LogP contribution in [0.4, 0.5) is 15.8 Å². The number of pyridine rings is 1. The molecule has 0 radical (unpaired) electrons. The number of fused-ring (bicyclic) bond motifs is 5. The molecule has 0 saturated carbocycles. The van der Waals surface area contributed by atoms with Crippen molar-refractivity contribution in [1.82, 2.24) is 20.2 Å². The van der Waals surface area contributed by atoms with Gasteiger partial charge in [0.1, 0.15) is 11.6 Å². The molecule has 1 fully saturated rings. The third-order valence-electron chi connectivity index (χ3n) is 7.19. The van der Waals surface area contributed by atoms with Crippen molar-refractivity contribution in [1.29, 1.82) is 0 Å². The summed E-state index contributed by atoms with van der Waals surface area (Å²) in [5, 5.41) is 6.41. The molecule has 1 aromatic carbocycles. The van der Waals surface area contributed by atoms with Gasteiger partial charge in [0, 0.05) is 48.1 Å². The fourth-order valence-corrected chi connectivity index (χ4v) is 5.47. The van der Waals surface area contributed by atoms with Crippen LogP contribution in [0, 0.1) is 11.7 Å². The van der Waals surface area contributed by atoms with Crippen molar-refractivity contribution in [2.75, 3.05) is 38.1 Å². The summed E-state index contributed by atoms with van der Waals surface area (Å²) in [5.41, 5.74) is 4.34. The van der Waals surface area contributed by atoms with Gasteiger partial charge in [-0.05, 0) is 56.6 Å². The van der Waals surface area contributed by atoms with Gasteiger partial charge < -0.3 is 25.3 Å². The quantitative estimate of drug-likeness (QED) is 0.531. The van der Waals surface area contributed by atoms with E-state index in [1.807, 2.05) is 6.07 Å². The van der Waals surface area contributed by atoms with Crippen LogP contribution >= 0.6 is 0 Å². The number of nitrogens with zero attached hydrogens (tertiary/aromatic N) is 2. The highest BCUT2D eigenvalue weighted by Crippen LogP contribution is 2.43. The molecule has 3 aliphatic heterocycles. The summed E-state index contributed by atoms with van der Waals surface area (Å²) in [6.45, 7) is 4.45. The summed E-state index contributed by atoms with van der Waals surface area (Å²) in [6, 6.07) is 8.19. The van der Waals surface area contributed by atoms with Gasteiger partial charge in [0.2, 0.25) is 0 Å². The van der Waals surface area contributed by atoms with Gasteiger partial charge in [-0.3, -0.25) is 9.78 Å². The molecular formula is C26H28FN5O2. The number of anilines is 2. The first-order valence-electron chi connectivity index (χ1n) is 12.0. The van der Waals surface area contributed by atoms with Crippen molar-refractivity contribution in [2.24, 2.45) is 5.92 Å². The molecule has 8 heteroatoms. The summed E-state index contributed by atoms with van der Waals surface area (Å²) in [7, 11) is 0. The number of halogens is 1. The van der Waals surface area contributed by atoms with Crippen molar-refractivity contribution < 1.29 is 13.9 Å². The molecule has 3 aliphatic rings. The second-order valence-electron chi connectivity index (χ2n) is 9.49. The molecule has 3 N–H and O–H groups in total. The second kappa shape index (κ2) is 8.76. The number of carbonyl (C=O) groups excluding carboxylic acids is 1. The summed E-state index contributed by atoms with van der Waals surface area (Å²) in [4.78, 5) is 23.5. The molecule has 3 aromatic rings. The number of aromatic amines is 1. The average molecular weight is 462 g/mol. The lowest BCUT2D eigenvalue weighted by molar-refractivity contribution is 0.0939. The Bertz CT molecular complexity index is 1230. The number of hydrogen-bond acceptors (Lipinski definition) is 5. The Morgan fingerprint density at radius 2 is 2.15 bits per heavy atom. The number of carbonyl (C=O) groups is 1. The van der Waals surface area contributed by atoms with Gasteiger partial charge in [-0.15, -0.1) is 0 Å². The summed E-state index contributed by atoms with van der Waals surface area (Å²) < 4.78 is 20.3. The second-order valence-corrected chi connectivity index (χ2v) is 9.49. The molecule has 1 amide bonds. The van der Waals surface area contributed by atoms with Crippen LogP contribution in [-0.2, 0) is 0 Å². The topological polar surface area (TPSA) is 82.3 Å². The predicted octanol–water partition coefficient (Wildman–Crippen LogP) is 4.28. The molecule has 0 spiro atoms. The first kappa shape index (κ1) is 21.2. The van der Waals surface area contributed by atoms with Gasteiger partial charge in [-0.25, -0.2) is 4.39 Å². The normalized spacial score (nSPS) is 23.9. The van der Waals surface area contributed by atoms with Crippen LogP contribution in [0.3, 0.4) is 0 Å². The number of ether oxygens (including phenoxy) is 1. The SMILES string of the molecule is O=C1NC[C@@H]2CCCN3CC[C@@H](COc4cnccc4-c4[nH]c2c1c4Nc1cccc(F)c1)C3. The van der Waals surface area contributed by atoms with Gasteiger partial charge in [-0.1, -0.05) is 6.07 Å². The minimum absolute atomic E-state index is 0.128. The molecule has 2 aromatic heterocycles. The lowest BCUT2D eigenvalue weighted by Crippen LogP contribution is -2.35. The largest absolute Gasteiger partial charge is 0.491 e. The van der Waals surface area contributed by atoms with E-state index in [1.54, 1.807) is 24.5 Å². The van der Waals surface area contributed by atoms with Crippen LogP contribution in [0.25, 0.3) is 11.3 Å². The van der Waals surface area contributed by atoms with Crippen LogP contribution < -0.4 is 15.4 Å². The lowest BCUT2D eigenvalue weighted by atomic mass is 9.92. The smallest absolute Gasteiger partial charge is 0.255 e. The first-order chi connectivity index (χ1) is 16.7.